The zero-order valence-corrected chi connectivity index (χ0v) is 14.8. The van der Waals surface area contributed by atoms with Crippen LogP contribution in [0.3, 0.4) is 0 Å². The van der Waals surface area contributed by atoms with Gasteiger partial charge in [0.2, 0.25) is 0 Å². The number of rotatable bonds is 12. The fourth-order valence-electron chi connectivity index (χ4n) is 2.07. The zero-order valence-electron chi connectivity index (χ0n) is 13.0. The van der Waals surface area contributed by atoms with Gasteiger partial charge in [-0.3, -0.25) is 23.5 Å². The number of carboxylic acid groups (broad SMARTS) is 3. The minimum Gasteiger partial charge on any atom is -0.481 e. The van der Waals surface area contributed by atoms with Crippen LogP contribution >= 0.6 is 15.2 Å². The molecule has 0 amide bonds. The number of hydrogen-bond donors (Lipinski definition) is 6. The molecule has 0 aliphatic carbocycles. The van der Waals surface area contributed by atoms with Crippen molar-refractivity contribution in [3.63, 3.8) is 0 Å². The van der Waals surface area contributed by atoms with Crippen LogP contribution in [-0.2, 0) is 32.7 Å². The molecule has 0 saturated carbocycles. The summed E-state index contributed by atoms with van der Waals surface area (Å²) in [6.07, 6.45) is -2.34. The molecule has 0 aromatic carbocycles. The lowest BCUT2D eigenvalue weighted by Gasteiger charge is -2.36. The molecule has 25 heavy (non-hydrogen) atoms. The van der Waals surface area contributed by atoms with Crippen LogP contribution in [0.1, 0.15) is 26.2 Å². The predicted molar refractivity (Wildman–Crippen MR) is 79.8 cm³/mol. The van der Waals surface area contributed by atoms with E-state index in [1.165, 1.54) is 6.92 Å². The fourth-order valence-corrected chi connectivity index (χ4v) is 5.83. The molecule has 0 aromatic heterocycles. The highest BCUT2D eigenvalue weighted by molar-refractivity contribution is 7.60. The van der Waals surface area contributed by atoms with Crippen LogP contribution in [0.15, 0.2) is 0 Å². The summed E-state index contributed by atoms with van der Waals surface area (Å²) in [6, 6.07) is 0. The van der Waals surface area contributed by atoms with Crippen LogP contribution in [0.25, 0.3) is 0 Å². The van der Waals surface area contributed by atoms with Crippen LogP contribution in [0.2, 0.25) is 0 Å². The summed E-state index contributed by atoms with van der Waals surface area (Å²) in [5.41, 5.74) is -2.95. The Kier molecular flexibility index (Phi) is 8.39. The second-order valence-electron chi connectivity index (χ2n) is 4.89. The molecule has 15 heteroatoms. The first-order valence-corrected chi connectivity index (χ1v) is 9.89. The van der Waals surface area contributed by atoms with Crippen molar-refractivity contribution in [3.05, 3.63) is 0 Å². The summed E-state index contributed by atoms with van der Waals surface area (Å²) in [7, 11) is -11.0. The van der Waals surface area contributed by atoms with Crippen molar-refractivity contribution in [2.75, 3.05) is 6.61 Å². The van der Waals surface area contributed by atoms with E-state index in [0.29, 0.717) is 0 Å². The molecule has 0 bridgehead atoms. The van der Waals surface area contributed by atoms with E-state index in [1.807, 2.05) is 0 Å². The molecule has 0 heterocycles. The van der Waals surface area contributed by atoms with Crippen LogP contribution in [-0.4, -0.2) is 60.4 Å². The Hall–Kier alpha value is -1.33. The molecule has 0 saturated heterocycles. The number of carbonyl (C=O) groups is 3. The molecule has 0 aliphatic rings. The van der Waals surface area contributed by atoms with Gasteiger partial charge in [0, 0.05) is 6.42 Å². The van der Waals surface area contributed by atoms with E-state index in [4.69, 9.17) is 11.0 Å². The van der Waals surface area contributed by atoms with Crippen molar-refractivity contribution < 1.29 is 57.8 Å². The largest absolute Gasteiger partial charge is 0.481 e. The predicted octanol–water partition coefficient (Wildman–Crippen LogP) is -0.185. The summed E-state index contributed by atoms with van der Waals surface area (Å²) in [5.74, 6) is -1.53. The van der Waals surface area contributed by atoms with Gasteiger partial charge in [-0.2, -0.15) is 0 Å². The van der Waals surface area contributed by atoms with Gasteiger partial charge < -0.3 is 29.6 Å². The van der Waals surface area contributed by atoms with Crippen molar-refractivity contribution in [1.29, 1.82) is 0 Å². The SMILES string of the molecule is CCCOP(=O)(ON)C(C(=O)O)C(CCC(=O)O)(C(=O)O)P(=O)(O)O. The number of carboxylic acids is 3. The zero-order chi connectivity index (χ0) is 20.1. The van der Waals surface area contributed by atoms with Gasteiger partial charge in [0.15, 0.2) is 10.8 Å². The molecule has 3 atom stereocenters. The Labute approximate surface area is 141 Å². The Morgan fingerprint density at radius 1 is 1.16 bits per heavy atom. The molecule has 146 valence electrons. The van der Waals surface area contributed by atoms with E-state index in [1.54, 1.807) is 0 Å². The first kappa shape index (κ1) is 23.7. The molecule has 0 rings (SSSR count). The van der Waals surface area contributed by atoms with E-state index in [0.717, 1.165) is 0 Å². The quantitative estimate of drug-likeness (QED) is 0.182. The van der Waals surface area contributed by atoms with Crippen LogP contribution in [0, 0.1) is 0 Å². The molecule has 3 unspecified atom stereocenters. The van der Waals surface area contributed by atoms with E-state index >= 15 is 0 Å². The molecule has 0 aromatic rings. The average Bonchev–Trinajstić information content (AvgIpc) is 2.46. The third-order valence-corrected chi connectivity index (χ3v) is 7.28. The van der Waals surface area contributed by atoms with Gasteiger partial charge in [0.1, 0.15) is 0 Å². The van der Waals surface area contributed by atoms with Crippen LogP contribution in [0.5, 0.6) is 0 Å². The highest BCUT2D eigenvalue weighted by Crippen LogP contribution is 2.66. The number of aliphatic carboxylic acids is 3. The Bertz CT molecular complexity index is 615. The average molecular weight is 407 g/mol. The van der Waals surface area contributed by atoms with Crippen molar-refractivity contribution in [2.24, 2.45) is 5.90 Å². The molecule has 0 fully saturated rings. The summed E-state index contributed by atoms with van der Waals surface area (Å²) in [4.78, 5) is 53.0. The van der Waals surface area contributed by atoms with E-state index < -0.39 is 63.4 Å². The molecule has 13 nitrogen and oxygen atoms in total. The first-order valence-electron chi connectivity index (χ1n) is 6.66. The van der Waals surface area contributed by atoms with Crippen LogP contribution < -0.4 is 5.90 Å². The van der Waals surface area contributed by atoms with Gasteiger partial charge >= 0.3 is 33.1 Å². The topological polar surface area (TPSA) is 231 Å². The van der Waals surface area contributed by atoms with E-state index in [9.17, 15) is 43.5 Å². The molecule has 0 spiro atoms. The van der Waals surface area contributed by atoms with Crippen molar-refractivity contribution >= 4 is 33.1 Å². The molecule has 7 N–H and O–H groups in total. The first-order chi connectivity index (χ1) is 11.3. The minimum absolute atomic E-state index is 0.158. The van der Waals surface area contributed by atoms with Gasteiger partial charge in [-0.15, -0.1) is 0 Å². The molecular weight excluding hydrogens is 388 g/mol. The van der Waals surface area contributed by atoms with Crippen molar-refractivity contribution in [2.45, 2.75) is 37.0 Å². The maximum Gasteiger partial charge on any atom is 0.362 e. The van der Waals surface area contributed by atoms with E-state index in [2.05, 4.69) is 9.15 Å². The van der Waals surface area contributed by atoms with E-state index in [-0.39, 0.29) is 6.42 Å². The second-order valence-corrected chi connectivity index (χ2v) is 8.84. The maximum atomic E-state index is 12.6. The summed E-state index contributed by atoms with van der Waals surface area (Å²) < 4.78 is 33.2. The fraction of sp³-hybridized carbons (Fsp3) is 0.700. The third-order valence-electron chi connectivity index (χ3n) is 3.23. The number of nitrogens with two attached hydrogens (primary N) is 1. The van der Waals surface area contributed by atoms with Crippen molar-refractivity contribution in [3.8, 4) is 0 Å². The molecule has 0 aliphatic heterocycles. The Morgan fingerprint density at radius 2 is 1.68 bits per heavy atom. The lowest BCUT2D eigenvalue weighted by Crippen LogP contribution is -2.53. The highest BCUT2D eigenvalue weighted by Gasteiger charge is 2.69. The summed E-state index contributed by atoms with van der Waals surface area (Å²) >= 11 is 0. The lowest BCUT2D eigenvalue weighted by molar-refractivity contribution is -0.148. The highest BCUT2D eigenvalue weighted by atomic mass is 31.2. The molecule has 0 radical (unpaired) electrons. The summed E-state index contributed by atoms with van der Waals surface area (Å²) in [5, 5.41) is 23.8. The van der Waals surface area contributed by atoms with Gasteiger partial charge in [0.25, 0.3) is 0 Å². The minimum atomic E-state index is -5.90. The third kappa shape index (κ3) is 5.08. The van der Waals surface area contributed by atoms with Gasteiger partial charge in [-0.25, -0.2) is 10.5 Å². The van der Waals surface area contributed by atoms with Gasteiger partial charge in [-0.05, 0) is 12.8 Å². The normalized spacial score (nSPS) is 17.9. The Balaban J connectivity index is 6.62. The smallest absolute Gasteiger partial charge is 0.362 e. The monoisotopic (exact) mass is 407 g/mol. The summed E-state index contributed by atoms with van der Waals surface area (Å²) in [6.45, 7) is 1.09. The van der Waals surface area contributed by atoms with Gasteiger partial charge in [0.05, 0.1) is 6.61 Å². The Morgan fingerprint density at radius 3 is 1.96 bits per heavy atom. The number of hydrogen-bond acceptors (Lipinski definition) is 8. The lowest BCUT2D eigenvalue weighted by atomic mass is 9.97. The second kappa shape index (κ2) is 8.86. The van der Waals surface area contributed by atoms with Crippen LogP contribution in [0.4, 0.5) is 0 Å². The van der Waals surface area contributed by atoms with Crippen molar-refractivity contribution in [1.82, 2.24) is 0 Å². The maximum absolute atomic E-state index is 12.6. The van der Waals surface area contributed by atoms with Gasteiger partial charge in [-0.1, -0.05) is 6.92 Å². The molecular formula is C10H19NO12P2. The standard InChI is InChI=1S/C10H19NO12P2/c1-2-5-22-24(18,23-11)7(8(14)15)10(9(16)17,25(19,20)21)4-3-6(12)13/h7H,2-5,11H2,1H3,(H,12,13)(H,14,15)(H,16,17)(H2,19,20,21).